The van der Waals surface area contributed by atoms with E-state index in [1.54, 1.807) is 7.11 Å². The number of nitrogens with one attached hydrogen (secondary N) is 1. The maximum Gasteiger partial charge on any atom is 0.227 e. The third-order valence-electron chi connectivity index (χ3n) is 7.41. The molecule has 4 rings (SSSR count). The summed E-state index contributed by atoms with van der Waals surface area (Å²) in [7, 11) is 1.66. The molecule has 1 fully saturated rings. The Labute approximate surface area is 196 Å². The molecule has 2 N–H and O–H groups in total. The highest BCUT2D eigenvalue weighted by Gasteiger charge is 2.46. The van der Waals surface area contributed by atoms with Crippen molar-refractivity contribution < 1.29 is 19.4 Å². The van der Waals surface area contributed by atoms with Crippen LogP contribution in [0.25, 0.3) is 10.8 Å². The zero-order chi connectivity index (χ0) is 24.0. The van der Waals surface area contributed by atoms with Crippen LogP contribution in [-0.2, 0) is 9.53 Å². The van der Waals surface area contributed by atoms with E-state index in [1.807, 2.05) is 71.0 Å². The fourth-order valence-corrected chi connectivity index (χ4v) is 5.05. The van der Waals surface area contributed by atoms with Gasteiger partial charge in [-0.3, -0.25) is 4.79 Å². The Morgan fingerprint density at radius 3 is 2.64 bits per heavy atom. The quantitative estimate of drug-likeness (QED) is 0.655. The van der Waals surface area contributed by atoms with Gasteiger partial charge in [0.1, 0.15) is 17.1 Å². The summed E-state index contributed by atoms with van der Waals surface area (Å²) in [5, 5.41) is 16.2. The number of benzene rings is 2. The molecule has 0 spiro atoms. The molecule has 0 radical (unpaired) electrons. The molecular formula is C28H35NO4. The van der Waals surface area contributed by atoms with Gasteiger partial charge in [0.05, 0.1) is 25.2 Å². The standard InChI is InChI=1S/C28H35NO4/c1-17-15-28(5,31)24-11-12-27(4,33-25(24)18(17)2)16-29-26(30)19(3)20-7-8-22-14-23(32-6)10-9-21(22)13-20/h7-10,13-15,19,24,31H,11-12,16H2,1-6H3,(H,29,30). The number of rotatable bonds is 5. The molecular weight excluding hydrogens is 414 g/mol. The van der Waals surface area contributed by atoms with Crippen molar-refractivity contribution >= 4 is 16.7 Å². The zero-order valence-electron chi connectivity index (χ0n) is 20.5. The van der Waals surface area contributed by atoms with Crippen LogP contribution in [0.2, 0.25) is 0 Å². The fourth-order valence-electron chi connectivity index (χ4n) is 5.05. The van der Waals surface area contributed by atoms with Gasteiger partial charge in [0.2, 0.25) is 5.91 Å². The van der Waals surface area contributed by atoms with Crippen LogP contribution >= 0.6 is 0 Å². The Bertz CT molecular complexity index is 1150. The van der Waals surface area contributed by atoms with Gasteiger partial charge in [0, 0.05) is 5.92 Å². The van der Waals surface area contributed by atoms with E-state index in [-0.39, 0.29) is 17.7 Å². The first kappa shape index (κ1) is 23.4. The minimum atomic E-state index is -0.905. The lowest BCUT2D eigenvalue weighted by molar-refractivity contribution is -0.125. The third-order valence-corrected chi connectivity index (χ3v) is 7.41. The lowest BCUT2D eigenvalue weighted by atomic mass is 9.73. The third kappa shape index (κ3) is 4.51. The van der Waals surface area contributed by atoms with Gasteiger partial charge in [-0.25, -0.2) is 0 Å². The molecule has 1 saturated heterocycles. The summed E-state index contributed by atoms with van der Waals surface area (Å²) >= 11 is 0. The van der Waals surface area contributed by atoms with E-state index >= 15 is 0 Å². The van der Waals surface area contributed by atoms with Gasteiger partial charge in [0.15, 0.2) is 0 Å². The van der Waals surface area contributed by atoms with Gasteiger partial charge < -0.3 is 19.9 Å². The second kappa shape index (κ2) is 8.53. The van der Waals surface area contributed by atoms with Gasteiger partial charge in [-0.05, 0) is 93.2 Å². The molecule has 0 bridgehead atoms. The highest BCUT2D eigenvalue weighted by molar-refractivity contribution is 5.88. The van der Waals surface area contributed by atoms with Crippen molar-refractivity contribution in [1.29, 1.82) is 0 Å². The Morgan fingerprint density at radius 2 is 1.91 bits per heavy atom. The summed E-state index contributed by atoms with van der Waals surface area (Å²) in [6.45, 7) is 10.3. The van der Waals surface area contributed by atoms with E-state index in [1.165, 1.54) is 0 Å². The largest absolute Gasteiger partial charge is 0.497 e. The number of hydrogen-bond donors (Lipinski definition) is 2. The van der Waals surface area contributed by atoms with Crippen LogP contribution in [-0.4, -0.2) is 35.9 Å². The molecule has 1 aliphatic heterocycles. The van der Waals surface area contributed by atoms with E-state index in [9.17, 15) is 9.90 Å². The van der Waals surface area contributed by atoms with Crippen LogP contribution in [0.15, 0.2) is 59.4 Å². The van der Waals surface area contributed by atoms with Gasteiger partial charge in [0.25, 0.3) is 0 Å². The molecule has 1 aliphatic carbocycles. The second-order valence-corrected chi connectivity index (χ2v) is 10.1. The number of hydrogen-bond acceptors (Lipinski definition) is 4. The van der Waals surface area contributed by atoms with Crippen molar-refractivity contribution in [3.8, 4) is 5.75 Å². The predicted molar refractivity (Wildman–Crippen MR) is 131 cm³/mol. The molecule has 4 atom stereocenters. The van der Waals surface area contributed by atoms with Crippen molar-refractivity contribution in [3.05, 3.63) is 64.9 Å². The van der Waals surface area contributed by atoms with Crippen molar-refractivity contribution in [2.24, 2.45) is 5.92 Å². The normalized spacial score (nSPS) is 28.0. The second-order valence-electron chi connectivity index (χ2n) is 10.1. The van der Waals surface area contributed by atoms with E-state index in [4.69, 9.17) is 9.47 Å². The van der Waals surface area contributed by atoms with E-state index in [2.05, 4.69) is 11.4 Å². The predicted octanol–water partition coefficient (Wildman–Crippen LogP) is 5.24. The van der Waals surface area contributed by atoms with Crippen molar-refractivity contribution in [2.45, 2.75) is 64.6 Å². The minimum Gasteiger partial charge on any atom is -0.497 e. The molecule has 5 nitrogen and oxygen atoms in total. The molecule has 4 unspecified atom stereocenters. The van der Waals surface area contributed by atoms with Gasteiger partial charge in [-0.15, -0.1) is 0 Å². The average molecular weight is 450 g/mol. The van der Waals surface area contributed by atoms with E-state index in [0.29, 0.717) is 6.54 Å². The number of methoxy groups -OCH3 is 1. The summed E-state index contributed by atoms with van der Waals surface area (Å²) in [6, 6.07) is 12.0. The maximum atomic E-state index is 13.0. The summed E-state index contributed by atoms with van der Waals surface area (Å²) in [6.07, 6.45) is 3.52. The summed E-state index contributed by atoms with van der Waals surface area (Å²) < 4.78 is 11.8. The number of fused-ring (bicyclic) bond motifs is 2. The van der Waals surface area contributed by atoms with E-state index in [0.717, 1.165) is 51.8 Å². The molecule has 1 amide bonds. The van der Waals surface area contributed by atoms with Gasteiger partial charge >= 0.3 is 0 Å². The van der Waals surface area contributed by atoms with Crippen LogP contribution in [0.4, 0.5) is 0 Å². The molecule has 33 heavy (non-hydrogen) atoms. The summed E-state index contributed by atoms with van der Waals surface area (Å²) in [4.78, 5) is 13.0. The van der Waals surface area contributed by atoms with Crippen molar-refractivity contribution in [1.82, 2.24) is 5.32 Å². The Hall–Kier alpha value is -2.79. The number of allylic oxidation sites excluding steroid dienone is 2. The number of amides is 1. The minimum absolute atomic E-state index is 0.0211. The van der Waals surface area contributed by atoms with E-state index < -0.39 is 11.2 Å². The Kier molecular flexibility index (Phi) is 6.04. The molecule has 2 aromatic carbocycles. The fraction of sp³-hybridized carbons (Fsp3) is 0.464. The van der Waals surface area contributed by atoms with Crippen LogP contribution in [0.5, 0.6) is 5.75 Å². The lowest BCUT2D eigenvalue weighted by Crippen LogP contribution is -2.50. The van der Waals surface area contributed by atoms with Crippen molar-refractivity contribution in [3.63, 3.8) is 0 Å². The van der Waals surface area contributed by atoms with Crippen LogP contribution in [0.1, 0.15) is 58.9 Å². The first-order valence-electron chi connectivity index (χ1n) is 11.7. The van der Waals surface area contributed by atoms with Crippen LogP contribution < -0.4 is 10.1 Å². The molecule has 0 saturated carbocycles. The van der Waals surface area contributed by atoms with Gasteiger partial charge in [-0.1, -0.05) is 24.3 Å². The number of ether oxygens (including phenoxy) is 2. The number of carbonyl (C=O) groups excluding carboxylic acids is 1. The average Bonchev–Trinajstić information content (AvgIpc) is 2.79. The highest BCUT2D eigenvalue weighted by Crippen LogP contribution is 2.46. The molecule has 5 heteroatoms. The van der Waals surface area contributed by atoms with Crippen molar-refractivity contribution in [2.75, 3.05) is 13.7 Å². The summed E-state index contributed by atoms with van der Waals surface area (Å²) in [5.41, 5.74) is 1.70. The molecule has 2 aromatic rings. The highest BCUT2D eigenvalue weighted by atomic mass is 16.5. The molecule has 2 aliphatic rings. The summed E-state index contributed by atoms with van der Waals surface area (Å²) in [5.74, 6) is 1.34. The number of aliphatic hydroxyl groups is 1. The SMILES string of the molecule is COc1ccc2cc(C(C)C(=O)NCC3(C)CCC4C(=C(C)C(C)=CC4(C)O)O3)ccc2c1. The maximum absolute atomic E-state index is 13.0. The van der Waals surface area contributed by atoms with Crippen LogP contribution in [0.3, 0.4) is 0 Å². The molecule has 0 aromatic heterocycles. The zero-order valence-corrected chi connectivity index (χ0v) is 20.5. The molecule has 1 heterocycles. The number of carbonyl (C=O) groups is 1. The first-order chi connectivity index (χ1) is 15.5. The first-order valence-corrected chi connectivity index (χ1v) is 11.7. The Balaban J connectivity index is 1.44. The lowest BCUT2D eigenvalue weighted by Gasteiger charge is -2.46. The smallest absolute Gasteiger partial charge is 0.227 e. The topological polar surface area (TPSA) is 67.8 Å². The van der Waals surface area contributed by atoms with Crippen LogP contribution in [0, 0.1) is 5.92 Å². The molecule has 176 valence electrons. The Morgan fingerprint density at radius 1 is 1.21 bits per heavy atom. The van der Waals surface area contributed by atoms with Gasteiger partial charge in [-0.2, -0.15) is 0 Å². The monoisotopic (exact) mass is 449 g/mol.